The topological polar surface area (TPSA) is 67.2 Å². The number of hydrogen-bond acceptors (Lipinski definition) is 3. The van der Waals surface area contributed by atoms with Crippen LogP contribution in [0.5, 0.6) is 0 Å². The van der Waals surface area contributed by atoms with Crippen molar-refractivity contribution in [1.82, 2.24) is 15.1 Å². The number of carbonyl (C=O) groups is 1. The summed E-state index contributed by atoms with van der Waals surface area (Å²) in [6.45, 7) is 1.78. The minimum atomic E-state index is -0.908. The summed E-state index contributed by atoms with van der Waals surface area (Å²) in [5.74, 6) is -0.690. The minimum Gasteiger partial charge on any atom is -0.387 e. The van der Waals surface area contributed by atoms with Crippen molar-refractivity contribution in [2.75, 3.05) is 6.54 Å². The number of benzene rings is 2. The molecule has 0 spiro atoms. The fraction of sp³-hybridized carbons (Fsp3) is 0.158. The van der Waals surface area contributed by atoms with Crippen LogP contribution in [0.1, 0.15) is 27.7 Å². The van der Waals surface area contributed by atoms with Gasteiger partial charge in [0.1, 0.15) is 5.82 Å². The predicted octanol–water partition coefficient (Wildman–Crippen LogP) is 2.78. The Bertz CT molecular complexity index is 860. The van der Waals surface area contributed by atoms with E-state index in [1.54, 1.807) is 17.8 Å². The zero-order valence-corrected chi connectivity index (χ0v) is 13.7. The highest BCUT2D eigenvalue weighted by Gasteiger charge is 2.16. The fourth-order valence-corrected chi connectivity index (χ4v) is 2.48. The van der Waals surface area contributed by atoms with Crippen LogP contribution in [0.15, 0.2) is 60.8 Å². The molecule has 2 aromatic carbocycles. The number of nitrogens with one attached hydrogen (secondary N) is 1. The first kappa shape index (κ1) is 16.9. The Morgan fingerprint density at radius 3 is 2.56 bits per heavy atom. The number of amides is 1. The smallest absolute Gasteiger partial charge is 0.254 e. The van der Waals surface area contributed by atoms with Crippen LogP contribution in [-0.4, -0.2) is 27.3 Å². The van der Waals surface area contributed by atoms with E-state index in [1.807, 2.05) is 30.3 Å². The van der Waals surface area contributed by atoms with Gasteiger partial charge in [0.05, 0.1) is 23.0 Å². The molecule has 0 bridgehead atoms. The molecule has 2 N–H and O–H groups in total. The third-order valence-electron chi connectivity index (χ3n) is 3.88. The van der Waals surface area contributed by atoms with Gasteiger partial charge in [-0.3, -0.25) is 4.79 Å². The first-order chi connectivity index (χ1) is 12.0. The molecule has 0 radical (unpaired) electrons. The number of nitrogens with zero attached hydrogens (tertiary/aromatic N) is 2. The Morgan fingerprint density at radius 1 is 1.20 bits per heavy atom. The van der Waals surface area contributed by atoms with Gasteiger partial charge >= 0.3 is 0 Å². The van der Waals surface area contributed by atoms with E-state index >= 15 is 0 Å². The Kier molecular flexibility index (Phi) is 4.90. The second-order valence-electron chi connectivity index (χ2n) is 5.69. The molecule has 128 valence electrons. The maximum atomic E-state index is 12.9. The van der Waals surface area contributed by atoms with Crippen LogP contribution in [-0.2, 0) is 0 Å². The summed E-state index contributed by atoms with van der Waals surface area (Å²) in [6.07, 6.45) is 0.749. The molecule has 0 saturated heterocycles. The molecular weight excluding hydrogens is 321 g/mol. The monoisotopic (exact) mass is 339 g/mol. The number of halogens is 1. The number of aliphatic hydroxyl groups excluding tert-OH is 1. The maximum absolute atomic E-state index is 12.9. The number of carbonyl (C=O) groups excluding carboxylic acids is 1. The van der Waals surface area contributed by atoms with Gasteiger partial charge in [-0.25, -0.2) is 9.07 Å². The number of para-hydroxylation sites is 1. The van der Waals surface area contributed by atoms with Crippen LogP contribution in [0.2, 0.25) is 0 Å². The first-order valence-corrected chi connectivity index (χ1v) is 7.88. The van der Waals surface area contributed by atoms with Gasteiger partial charge in [0.2, 0.25) is 0 Å². The van der Waals surface area contributed by atoms with Crippen molar-refractivity contribution in [3.8, 4) is 5.69 Å². The molecule has 25 heavy (non-hydrogen) atoms. The van der Waals surface area contributed by atoms with Crippen LogP contribution >= 0.6 is 0 Å². The SMILES string of the molecule is Cc1nn(-c2ccccc2)cc1C(=O)NCC(O)c1ccc(F)cc1. The highest BCUT2D eigenvalue weighted by atomic mass is 19.1. The van der Waals surface area contributed by atoms with E-state index in [1.165, 1.54) is 24.3 Å². The summed E-state index contributed by atoms with van der Waals surface area (Å²) in [5, 5.41) is 17.1. The third-order valence-corrected chi connectivity index (χ3v) is 3.88. The third kappa shape index (κ3) is 3.92. The molecule has 0 fully saturated rings. The molecule has 1 heterocycles. The second kappa shape index (κ2) is 7.27. The van der Waals surface area contributed by atoms with Crippen molar-refractivity contribution in [3.05, 3.63) is 83.4 Å². The van der Waals surface area contributed by atoms with E-state index in [-0.39, 0.29) is 18.3 Å². The first-order valence-electron chi connectivity index (χ1n) is 7.88. The average Bonchev–Trinajstić information content (AvgIpc) is 3.02. The van der Waals surface area contributed by atoms with E-state index in [0.29, 0.717) is 16.8 Å². The summed E-state index contributed by atoms with van der Waals surface area (Å²) in [6, 6.07) is 15.0. The van der Waals surface area contributed by atoms with Gasteiger partial charge in [-0.05, 0) is 36.8 Å². The number of aliphatic hydroxyl groups is 1. The molecule has 1 atom stereocenters. The Hall–Kier alpha value is -2.99. The van der Waals surface area contributed by atoms with Crippen molar-refractivity contribution in [1.29, 1.82) is 0 Å². The van der Waals surface area contributed by atoms with Gasteiger partial charge in [0, 0.05) is 12.7 Å². The van der Waals surface area contributed by atoms with E-state index in [0.717, 1.165) is 5.69 Å². The molecule has 1 aromatic heterocycles. The zero-order chi connectivity index (χ0) is 17.8. The van der Waals surface area contributed by atoms with Crippen molar-refractivity contribution >= 4 is 5.91 Å². The molecule has 5 nitrogen and oxygen atoms in total. The lowest BCUT2D eigenvalue weighted by atomic mass is 10.1. The van der Waals surface area contributed by atoms with Gasteiger partial charge < -0.3 is 10.4 Å². The van der Waals surface area contributed by atoms with Gasteiger partial charge in [-0.2, -0.15) is 5.10 Å². The fourth-order valence-electron chi connectivity index (χ4n) is 2.48. The lowest BCUT2D eigenvalue weighted by molar-refractivity contribution is 0.0915. The van der Waals surface area contributed by atoms with Gasteiger partial charge in [0.25, 0.3) is 5.91 Å². The summed E-state index contributed by atoms with van der Waals surface area (Å²) >= 11 is 0. The van der Waals surface area contributed by atoms with E-state index < -0.39 is 6.10 Å². The summed E-state index contributed by atoms with van der Waals surface area (Å²) in [5.41, 5.74) is 2.43. The van der Waals surface area contributed by atoms with Crippen molar-refractivity contribution in [3.63, 3.8) is 0 Å². The van der Waals surface area contributed by atoms with Gasteiger partial charge in [0.15, 0.2) is 0 Å². The normalized spacial score (nSPS) is 12.0. The number of aryl methyl sites for hydroxylation is 1. The highest BCUT2D eigenvalue weighted by Crippen LogP contribution is 2.14. The molecule has 3 rings (SSSR count). The highest BCUT2D eigenvalue weighted by molar-refractivity contribution is 5.95. The van der Waals surface area contributed by atoms with E-state index in [2.05, 4.69) is 10.4 Å². The van der Waals surface area contributed by atoms with Crippen molar-refractivity contribution in [2.45, 2.75) is 13.0 Å². The maximum Gasteiger partial charge on any atom is 0.254 e. The largest absolute Gasteiger partial charge is 0.387 e. The molecule has 1 unspecified atom stereocenters. The Labute approximate surface area is 144 Å². The number of hydrogen-bond donors (Lipinski definition) is 2. The summed E-state index contributed by atoms with van der Waals surface area (Å²) in [7, 11) is 0. The quantitative estimate of drug-likeness (QED) is 0.751. The molecule has 0 aliphatic heterocycles. The number of rotatable bonds is 5. The molecule has 0 saturated carbocycles. The van der Waals surface area contributed by atoms with Crippen LogP contribution in [0.25, 0.3) is 5.69 Å². The van der Waals surface area contributed by atoms with Gasteiger partial charge in [-0.15, -0.1) is 0 Å². The van der Waals surface area contributed by atoms with E-state index in [4.69, 9.17) is 0 Å². The molecule has 6 heteroatoms. The summed E-state index contributed by atoms with van der Waals surface area (Å²) in [4.78, 5) is 12.4. The standard InChI is InChI=1S/C19H18FN3O2/c1-13-17(12-23(22-13)16-5-3-2-4-6-16)19(25)21-11-18(24)14-7-9-15(20)10-8-14/h2-10,12,18,24H,11H2,1H3,(H,21,25). The van der Waals surface area contributed by atoms with Crippen molar-refractivity contribution < 1.29 is 14.3 Å². The van der Waals surface area contributed by atoms with Crippen LogP contribution in [0.3, 0.4) is 0 Å². The van der Waals surface area contributed by atoms with E-state index in [9.17, 15) is 14.3 Å². The van der Waals surface area contributed by atoms with Crippen LogP contribution < -0.4 is 5.32 Å². The molecule has 3 aromatic rings. The predicted molar refractivity (Wildman–Crippen MR) is 92.0 cm³/mol. The molecule has 1 amide bonds. The molecule has 0 aliphatic carbocycles. The Balaban J connectivity index is 1.67. The number of aromatic nitrogens is 2. The Morgan fingerprint density at radius 2 is 1.88 bits per heavy atom. The average molecular weight is 339 g/mol. The van der Waals surface area contributed by atoms with Crippen LogP contribution in [0, 0.1) is 12.7 Å². The molecular formula is C19H18FN3O2. The lowest BCUT2D eigenvalue weighted by Crippen LogP contribution is -2.28. The van der Waals surface area contributed by atoms with Gasteiger partial charge in [-0.1, -0.05) is 30.3 Å². The molecule has 0 aliphatic rings. The lowest BCUT2D eigenvalue weighted by Gasteiger charge is -2.12. The summed E-state index contributed by atoms with van der Waals surface area (Å²) < 4.78 is 14.6. The zero-order valence-electron chi connectivity index (χ0n) is 13.7. The second-order valence-corrected chi connectivity index (χ2v) is 5.69. The van der Waals surface area contributed by atoms with Crippen LogP contribution in [0.4, 0.5) is 4.39 Å². The minimum absolute atomic E-state index is 0.0282. The van der Waals surface area contributed by atoms with Crippen molar-refractivity contribution in [2.24, 2.45) is 0 Å².